The molecule has 1 aliphatic carbocycles. The van der Waals surface area contributed by atoms with Gasteiger partial charge in [0.15, 0.2) is 0 Å². The zero-order valence-corrected chi connectivity index (χ0v) is 12.8. The van der Waals surface area contributed by atoms with Gasteiger partial charge in [-0.2, -0.15) is 0 Å². The summed E-state index contributed by atoms with van der Waals surface area (Å²) in [6.07, 6.45) is 5.16. The molecule has 102 valence electrons. The lowest BCUT2D eigenvalue weighted by molar-refractivity contribution is 0.575. The Bertz CT molecular complexity index is 607. The molecule has 1 heterocycles. The molecule has 5 heteroatoms. The normalized spacial score (nSPS) is 15.3. The van der Waals surface area contributed by atoms with Crippen molar-refractivity contribution in [1.82, 2.24) is 9.55 Å². The minimum Gasteiger partial charge on any atom is -0.327 e. The van der Waals surface area contributed by atoms with E-state index in [1.54, 1.807) is 6.07 Å². The molecule has 0 unspecified atom stereocenters. The summed E-state index contributed by atoms with van der Waals surface area (Å²) in [4.78, 5) is 4.42. The zero-order chi connectivity index (χ0) is 13.4. The van der Waals surface area contributed by atoms with E-state index in [0.717, 1.165) is 30.2 Å². The van der Waals surface area contributed by atoms with Crippen LogP contribution in [-0.2, 0) is 12.4 Å². The van der Waals surface area contributed by atoms with Crippen LogP contribution in [0.4, 0.5) is 4.39 Å². The third-order valence-electron chi connectivity index (χ3n) is 3.68. The van der Waals surface area contributed by atoms with Crippen molar-refractivity contribution in [2.75, 3.05) is 0 Å². The van der Waals surface area contributed by atoms with Crippen LogP contribution in [0.1, 0.15) is 31.5 Å². The van der Waals surface area contributed by atoms with Crippen LogP contribution in [0, 0.1) is 11.7 Å². The lowest BCUT2D eigenvalue weighted by atomic mass is 10.2. The lowest BCUT2D eigenvalue weighted by Crippen LogP contribution is -2.03. The third-order valence-corrected chi connectivity index (χ3v) is 4.53. The second kappa shape index (κ2) is 5.41. The quantitative estimate of drug-likeness (QED) is 0.707. The predicted molar refractivity (Wildman–Crippen MR) is 78.9 cm³/mol. The van der Waals surface area contributed by atoms with Crippen LogP contribution in [0.2, 0.25) is 0 Å². The van der Waals surface area contributed by atoms with Crippen molar-refractivity contribution in [3.8, 4) is 0 Å². The Hall–Kier alpha value is -0.610. The van der Waals surface area contributed by atoms with E-state index in [4.69, 9.17) is 11.6 Å². The van der Waals surface area contributed by atoms with Crippen LogP contribution in [0.3, 0.4) is 0 Å². The van der Waals surface area contributed by atoms with E-state index >= 15 is 0 Å². The molecule has 1 aliphatic rings. The number of halogens is 3. The second-order valence-electron chi connectivity index (χ2n) is 5.15. The van der Waals surface area contributed by atoms with Gasteiger partial charge in [-0.1, -0.05) is 12.8 Å². The van der Waals surface area contributed by atoms with Gasteiger partial charge in [-0.05, 0) is 40.8 Å². The maximum atomic E-state index is 13.5. The van der Waals surface area contributed by atoms with Crippen LogP contribution in [0.5, 0.6) is 0 Å². The number of benzene rings is 1. The summed E-state index contributed by atoms with van der Waals surface area (Å²) in [5.74, 6) is 1.83. The van der Waals surface area contributed by atoms with Gasteiger partial charge < -0.3 is 4.57 Å². The average molecular weight is 346 g/mol. The monoisotopic (exact) mass is 344 g/mol. The number of fused-ring (bicyclic) bond motifs is 1. The first kappa shape index (κ1) is 13.4. The smallest absolute Gasteiger partial charge is 0.139 e. The highest BCUT2D eigenvalue weighted by Crippen LogP contribution is 2.34. The fraction of sp³-hybridized carbons (Fsp3) is 0.500. The minimum atomic E-state index is -0.281. The Balaban J connectivity index is 1.91. The number of rotatable bonds is 5. The van der Waals surface area contributed by atoms with E-state index in [9.17, 15) is 4.39 Å². The van der Waals surface area contributed by atoms with Gasteiger partial charge in [0.25, 0.3) is 0 Å². The van der Waals surface area contributed by atoms with Gasteiger partial charge in [-0.15, -0.1) is 11.6 Å². The number of imidazole rings is 1. The van der Waals surface area contributed by atoms with Crippen LogP contribution < -0.4 is 0 Å². The molecule has 1 aromatic heterocycles. The highest BCUT2D eigenvalue weighted by Gasteiger charge is 2.21. The molecular weight excluding hydrogens is 331 g/mol. The van der Waals surface area contributed by atoms with Gasteiger partial charge in [0.1, 0.15) is 11.6 Å². The van der Waals surface area contributed by atoms with E-state index in [-0.39, 0.29) is 5.82 Å². The number of aryl methyl sites for hydroxylation is 1. The molecule has 0 radical (unpaired) electrons. The van der Waals surface area contributed by atoms with Gasteiger partial charge in [0, 0.05) is 12.6 Å². The molecule has 2 nitrogen and oxygen atoms in total. The van der Waals surface area contributed by atoms with Crippen LogP contribution >= 0.6 is 27.5 Å². The summed E-state index contributed by atoms with van der Waals surface area (Å²) < 4.78 is 16.1. The summed E-state index contributed by atoms with van der Waals surface area (Å²) in [5.41, 5.74) is 1.64. The molecule has 1 fully saturated rings. The Morgan fingerprint density at radius 3 is 2.89 bits per heavy atom. The highest BCUT2D eigenvalue weighted by molar-refractivity contribution is 9.10. The van der Waals surface area contributed by atoms with Crippen molar-refractivity contribution in [3.05, 3.63) is 28.2 Å². The molecule has 0 N–H and O–H groups in total. The van der Waals surface area contributed by atoms with Crippen molar-refractivity contribution >= 4 is 38.6 Å². The molecule has 0 saturated heterocycles. The van der Waals surface area contributed by atoms with Crippen molar-refractivity contribution in [2.24, 2.45) is 5.92 Å². The number of hydrogen-bond acceptors (Lipinski definition) is 1. The minimum absolute atomic E-state index is 0.281. The highest BCUT2D eigenvalue weighted by atomic mass is 79.9. The molecule has 0 bridgehead atoms. The maximum Gasteiger partial charge on any atom is 0.139 e. The van der Waals surface area contributed by atoms with E-state index < -0.39 is 0 Å². The van der Waals surface area contributed by atoms with Crippen molar-refractivity contribution < 1.29 is 4.39 Å². The Morgan fingerprint density at radius 1 is 1.42 bits per heavy atom. The van der Waals surface area contributed by atoms with Crippen LogP contribution in [0.15, 0.2) is 16.6 Å². The van der Waals surface area contributed by atoms with Crippen LogP contribution in [0.25, 0.3) is 11.0 Å². The summed E-state index contributed by atoms with van der Waals surface area (Å²) in [6, 6.07) is 3.26. The number of nitrogens with zero attached hydrogens (tertiary/aromatic N) is 2. The van der Waals surface area contributed by atoms with Gasteiger partial charge in [0.2, 0.25) is 0 Å². The molecule has 3 rings (SSSR count). The summed E-state index contributed by atoms with van der Waals surface area (Å²) in [5, 5.41) is 0. The molecule has 2 aromatic rings. The first-order chi connectivity index (χ1) is 9.19. The van der Waals surface area contributed by atoms with E-state index in [1.807, 2.05) is 0 Å². The topological polar surface area (TPSA) is 17.8 Å². The molecule has 0 aliphatic heterocycles. The summed E-state index contributed by atoms with van der Waals surface area (Å²) >= 11 is 9.18. The maximum absolute atomic E-state index is 13.5. The summed E-state index contributed by atoms with van der Waals surface area (Å²) in [7, 11) is 0. The molecule has 0 spiro atoms. The molecule has 0 atom stereocenters. The van der Waals surface area contributed by atoms with E-state index in [0.29, 0.717) is 15.9 Å². The van der Waals surface area contributed by atoms with E-state index in [2.05, 4.69) is 25.5 Å². The van der Waals surface area contributed by atoms with Crippen molar-refractivity contribution in [3.63, 3.8) is 0 Å². The predicted octanol–water partition coefficient (Wildman–Crippen LogP) is 4.87. The average Bonchev–Trinajstić information content (AvgIpc) is 3.15. The van der Waals surface area contributed by atoms with Crippen molar-refractivity contribution in [1.29, 1.82) is 0 Å². The Labute approximate surface area is 125 Å². The molecule has 1 aromatic carbocycles. The third kappa shape index (κ3) is 2.79. The Morgan fingerprint density at radius 2 is 2.21 bits per heavy atom. The van der Waals surface area contributed by atoms with Gasteiger partial charge in [0.05, 0.1) is 21.4 Å². The molecule has 19 heavy (non-hydrogen) atoms. The summed E-state index contributed by atoms with van der Waals surface area (Å²) in [6.45, 7) is 0.910. The fourth-order valence-electron chi connectivity index (χ4n) is 2.47. The standard InChI is InChI=1S/C14H15BrClFN2/c15-10-6-13-12(7-11(10)17)18-14(8-16)19(13)5-1-2-9-3-4-9/h6-7,9H,1-5,8H2. The largest absolute Gasteiger partial charge is 0.327 e. The Kier molecular flexibility index (Phi) is 3.81. The number of aromatic nitrogens is 2. The second-order valence-corrected chi connectivity index (χ2v) is 6.28. The van der Waals surface area contributed by atoms with E-state index in [1.165, 1.54) is 25.3 Å². The SMILES string of the molecule is Fc1cc2nc(CCl)n(CCCC3CC3)c2cc1Br. The fourth-order valence-corrected chi connectivity index (χ4v) is 3.00. The molecular formula is C14H15BrClFN2. The first-order valence-corrected chi connectivity index (χ1v) is 7.92. The lowest BCUT2D eigenvalue weighted by Gasteiger charge is -2.07. The zero-order valence-electron chi connectivity index (χ0n) is 10.5. The van der Waals surface area contributed by atoms with Gasteiger partial charge in [-0.3, -0.25) is 0 Å². The van der Waals surface area contributed by atoms with Crippen molar-refractivity contribution in [2.45, 2.75) is 38.1 Å². The molecule has 1 saturated carbocycles. The van der Waals surface area contributed by atoms with Gasteiger partial charge >= 0.3 is 0 Å². The first-order valence-electron chi connectivity index (χ1n) is 6.59. The van der Waals surface area contributed by atoms with Gasteiger partial charge in [-0.25, -0.2) is 9.37 Å². The number of alkyl halides is 1. The molecule has 0 amide bonds. The number of hydrogen-bond donors (Lipinski definition) is 0. The van der Waals surface area contributed by atoms with Crippen LogP contribution in [-0.4, -0.2) is 9.55 Å².